The molecule has 0 aliphatic carbocycles. The van der Waals surface area contributed by atoms with Crippen molar-refractivity contribution in [3.05, 3.63) is 77.9 Å². The van der Waals surface area contributed by atoms with Crippen LogP contribution in [0.4, 0.5) is 5.69 Å². The van der Waals surface area contributed by atoms with E-state index >= 15 is 0 Å². The van der Waals surface area contributed by atoms with Crippen molar-refractivity contribution >= 4 is 11.6 Å². The van der Waals surface area contributed by atoms with Crippen molar-refractivity contribution in [2.45, 2.75) is 19.5 Å². The van der Waals surface area contributed by atoms with E-state index in [9.17, 15) is 9.90 Å². The highest BCUT2D eigenvalue weighted by Gasteiger charge is 2.21. The molecule has 6 heteroatoms. The standard InChI is InChI=1S/C21H22N4O2/c26-18-8-4-5-16(13-18)15-24-10-9-20-22-14-19(25(20)12-11-24)21(27)23-17-6-2-1-3-7-17/h1-8,13-14,26H,9-12,15H2,(H,23,27). The summed E-state index contributed by atoms with van der Waals surface area (Å²) in [7, 11) is 0. The number of aromatic hydroxyl groups is 1. The molecule has 1 aliphatic rings. The average molecular weight is 362 g/mol. The minimum atomic E-state index is -0.138. The average Bonchev–Trinajstić information content (AvgIpc) is 2.98. The van der Waals surface area contributed by atoms with Crippen LogP contribution in [0.2, 0.25) is 0 Å². The molecule has 1 amide bonds. The smallest absolute Gasteiger partial charge is 0.273 e. The monoisotopic (exact) mass is 362 g/mol. The van der Waals surface area contributed by atoms with Gasteiger partial charge in [-0.25, -0.2) is 4.98 Å². The van der Waals surface area contributed by atoms with Crippen LogP contribution in [0, 0.1) is 0 Å². The molecule has 1 aromatic heterocycles. The number of nitrogens with zero attached hydrogens (tertiary/aromatic N) is 3. The number of rotatable bonds is 4. The van der Waals surface area contributed by atoms with Crippen LogP contribution in [-0.4, -0.2) is 38.6 Å². The molecule has 0 radical (unpaired) electrons. The summed E-state index contributed by atoms with van der Waals surface area (Å²) < 4.78 is 2.01. The van der Waals surface area contributed by atoms with Gasteiger partial charge in [0.1, 0.15) is 17.3 Å². The van der Waals surface area contributed by atoms with E-state index in [1.807, 2.05) is 47.0 Å². The third kappa shape index (κ3) is 4.01. The maximum atomic E-state index is 12.7. The number of phenolic OH excluding ortho intramolecular Hbond substituents is 1. The number of benzene rings is 2. The molecule has 0 bridgehead atoms. The first-order chi connectivity index (χ1) is 13.2. The molecule has 27 heavy (non-hydrogen) atoms. The Kier molecular flexibility index (Phi) is 4.89. The number of fused-ring (bicyclic) bond motifs is 1. The third-order valence-electron chi connectivity index (χ3n) is 4.81. The lowest BCUT2D eigenvalue weighted by atomic mass is 10.2. The Hall–Kier alpha value is -3.12. The van der Waals surface area contributed by atoms with Gasteiger partial charge in [-0.15, -0.1) is 0 Å². The summed E-state index contributed by atoms with van der Waals surface area (Å²) in [6.45, 7) is 3.17. The Bertz CT molecular complexity index is 936. The second-order valence-electron chi connectivity index (χ2n) is 6.73. The van der Waals surface area contributed by atoms with Gasteiger partial charge < -0.3 is 15.0 Å². The van der Waals surface area contributed by atoms with Gasteiger partial charge >= 0.3 is 0 Å². The summed E-state index contributed by atoms with van der Waals surface area (Å²) in [5.74, 6) is 1.09. The minimum absolute atomic E-state index is 0.138. The fourth-order valence-electron chi connectivity index (χ4n) is 3.44. The third-order valence-corrected chi connectivity index (χ3v) is 4.81. The topological polar surface area (TPSA) is 70.4 Å². The minimum Gasteiger partial charge on any atom is -0.508 e. The normalized spacial score (nSPS) is 14.4. The summed E-state index contributed by atoms with van der Waals surface area (Å²) in [6.07, 6.45) is 2.45. The highest BCUT2D eigenvalue weighted by Crippen LogP contribution is 2.17. The molecule has 138 valence electrons. The van der Waals surface area contributed by atoms with Gasteiger partial charge in [0.25, 0.3) is 5.91 Å². The number of carbonyl (C=O) groups is 1. The largest absolute Gasteiger partial charge is 0.508 e. The molecular weight excluding hydrogens is 340 g/mol. The summed E-state index contributed by atoms with van der Waals surface area (Å²) in [4.78, 5) is 19.4. The Morgan fingerprint density at radius 2 is 1.93 bits per heavy atom. The molecule has 2 N–H and O–H groups in total. The quantitative estimate of drug-likeness (QED) is 0.749. The van der Waals surface area contributed by atoms with E-state index in [0.29, 0.717) is 12.2 Å². The first-order valence-corrected chi connectivity index (χ1v) is 9.10. The van der Waals surface area contributed by atoms with E-state index < -0.39 is 0 Å². The molecular formula is C21H22N4O2. The fraction of sp³-hybridized carbons (Fsp3) is 0.238. The summed E-state index contributed by atoms with van der Waals surface area (Å²) in [5, 5.41) is 12.6. The van der Waals surface area contributed by atoms with Gasteiger partial charge in [-0.05, 0) is 29.8 Å². The predicted molar refractivity (Wildman–Crippen MR) is 104 cm³/mol. The Balaban J connectivity index is 1.45. The fourth-order valence-corrected chi connectivity index (χ4v) is 3.44. The van der Waals surface area contributed by atoms with Crippen molar-refractivity contribution in [2.75, 3.05) is 18.4 Å². The Morgan fingerprint density at radius 1 is 1.07 bits per heavy atom. The van der Waals surface area contributed by atoms with Crippen LogP contribution in [0.3, 0.4) is 0 Å². The lowest BCUT2D eigenvalue weighted by Crippen LogP contribution is -2.27. The van der Waals surface area contributed by atoms with Crippen molar-refractivity contribution in [3.63, 3.8) is 0 Å². The number of carbonyl (C=O) groups excluding carboxylic acids is 1. The zero-order chi connectivity index (χ0) is 18.6. The zero-order valence-electron chi connectivity index (χ0n) is 15.0. The number of phenols is 1. The maximum absolute atomic E-state index is 12.7. The van der Waals surface area contributed by atoms with Crippen LogP contribution in [0.25, 0.3) is 0 Å². The van der Waals surface area contributed by atoms with Gasteiger partial charge in [-0.3, -0.25) is 9.69 Å². The van der Waals surface area contributed by atoms with Crippen molar-refractivity contribution < 1.29 is 9.90 Å². The molecule has 3 aromatic rings. The summed E-state index contributed by atoms with van der Waals surface area (Å²) >= 11 is 0. The number of hydrogen-bond donors (Lipinski definition) is 2. The molecule has 6 nitrogen and oxygen atoms in total. The molecule has 0 spiro atoms. The lowest BCUT2D eigenvalue weighted by Gasteiger charge is -2.19. The molecule has 1 aliphatic heterocycles. The summed E-state index contributed by atoms with van der Waals surface area (Å²) in [6, 6.07) is 16.8. The van der Waals surface area contributed by atoms with Gasteiger partial charge in [0, 0.05) is 38.3 Å². The number of nitrogens with one attached hydrogen (secondary N) is 1. The van der Waals surface area contributed by atoms with E-state index in [0.717, 1.165) is 43.1 Å². The zero-order valence-corrected chi connectivity index (χ0v) is 15.0. The van der Waals surface area contributed by atoms with Gasteiger partial charge in [0.2, 0.25) is 0 Å². The Morgan fingerprint density at radius 3 is 2.74 bits per heavy atom. The number of amides is 1. The first-order valence-electron chi connectivity index (χ1n) is 9.10. The predicted octanol–water partition coefficient (Wildman–Crippen LogP) is 2.90. The molecule has 4 rings (SSSR count). The van der Waals surface area contributed by atoms with E-state index in [2.05, 4.69) is 15.2 Å². The second kappa shape index (κ2) is 7.63. The second-order valence-corrected chi connectivity index (χ2v) is 6.73. The van der Waals surface area contributed by atoms with E-state index in [-0.39, 0.29) is 11.7 Å². The summed E-state index contributed by atoms with van der Waals surface area (Å²) in [5.41, 5.74) is 2.45. The van der Waals surface area contributed by atoms with E-state index in [1.54, 1.807) is 18.3 Å². The number of anilines is 1. The molecule has 0 atom stereocenters. The lowest BCUT2D eigenvalue weighted by molar-refractivity contribution is 0.101. The SMILES string of the molecule is O=C(Nc1ccccc1)c1cnc2n1CCN(Cc1cccc(O)c1)CC2. The van der Waals surface area contributed by atoms with Crippen LogP contribution in [0.5, 0.6) is 5.75 Å². The number of aromatic nitrogens is 2. The highest BCUT2D eigenvalue weighted by atomic mass is 16.3. The van der Waals surface area contributed by atoms with Crippen molar-refractivity contribution in [1.82, 2.24) is 14.5 Å². The molecule has 0 saturated heterocycles. The van der Waals surface area contributed by atoms with Crippen LogP contribution in [0.1, 0.15) is 21.9 Å². The van der Waals surface area contributed by atoms with Crippen molar-refractivity contribution in [1.29, 1.82) is 0 Å². The van der Waals surface area contributed by atoms with Gasteiger partial charge in [-0.1, -0.05) is 30.3 Å². The van der Waals surface area contributed by atoms with Crippen molar-refractivity contribution in [3.8, 4) is 5.75 Å². The molecule has 2 aromatic carbocycles. The highest BCUT2D eigenvalue weighted by molar-refractivity contribution is 6.03. The van der Waals surface area contributed by atoms with Crippen LogP contribution < -0.4 is 5.32 Å². The molecule has 2 heterocycles. The van der Waals surface area contributed by atoms with Crippen LogP contribution in [-0.2, 0) is 19.5 Å². The number of imidazole rings is 1. The van der Waals surface area contributed by atoms with Gasteiger partial charge in [-0.2, -0.15) is 0 Å². The number of para-hydroxylation sites is 1. The van der Waals surface area contributed by atoms with Crippen LogP contribution >= 0.6 is 0 Å². The molecule has 0 saturated carbocycles. The first kappa shape index (κ1) is 17.3. The molecule has 0 unspecified atom stereocenters. The van der Waals surface area contributed by atoms with E-state index in [4.69, 9.17) is 0 Å². The molecule has 0 fully saturated rings. The van der Waals surface area contributed by atoms with Gasteiger partial charge in [0.15, 0.2) is 0 Å². The van der Waals surface area contributed by atoms with Crippen molar-refractivity contribution in [2.24, 2.45) is 0 Å². The van der Waals surface area contributed by atoms with Gasteiger partial charge in [0.05, 0.1) is 6.20 Å². The Labute approximate surface area is 158 Å². The number of hydrogen-bond acceptors (Lipinski definition) is 4. The maximum Gasteiger partial charge on any atom is 0.273 e. The van der Waals surface area contributed by atoms with Crippen LogP contribution in [0.15, 0.2) is 60.8 Å². The van der Waals surface area contributed by atoms with E-state index in [1.165, 1.54) is 0 Å².